The molecule has 23 heavy (non-hydrogen) atoms. The van der Waals surface area contributed by atoms with Gasteiger partial charge in [0.25, 0.3) is 15.7 Å². The van der Waals surface area contributed by atoms with E-state index in [9.17, 15) is 8.42 Å². The molecule has 0 saturated heterocycles. The van der Waals surface area contributed by atoms with Crippen LogP contribution >= 0.6 is 0 Å². The largest absolute Gasteiger partial charge is 0.336 e. The Morgan fingerprint density at radius 3 is 2.52 bits per heavy atom. The second-order valence-corrected chi connectivity index (χ2v) is 7.34. The molecule has 0 fully saturated rings. The second kappa shape index (κ2) is 5.66. The summed E-state index contributed by atoms with van der Waals surface area (Å²) in [7, 11) is -3.74. The summed E-state index contributed by atoms with van der Waals surface area (Å²) >= 11 is 0. The highest BCUT2D eigenvalue weighted by Gasteiger charge is 2.28. The summed E-state index contributed by atoms with van der Waals surface area (Å²) < 4.78 is 32.6. The molecule has 7 heteroatoms. The molecule has 120 valence electrons. The number of sulfonamides is 1. The predicted molar refractivity (Wildman–Crippen MR) is 87.8 cm³/mol. The van der Waals surface area contributed by atoms with Gasteiger partial charge in [-0.1, -0.05) is 23.4 Å². The van der Waals surface area contributed by atoms with Crippen molar-refractivity contribution in [2.45, 2.75) is 31.7 Å². The highest BCUT2D eigenvalue weighted by molar-refractivity contribution is 7.92. The van der Waals surface area contributed by atoms with Gasteiger partial charge in [-0.3, -0.25) is 4.31 Å². The Morgan fingerprint density at radius 2 is 1.87 bits per heavy atom. The Balaban J connectivity index is 2.15. The summed E-state index contributed by atoms with van der Waals surface area (Å²) in [5, 5.41) is 4.41. The molecule has 0 N–H and O–H groups in total. The quantitative estimate of drug-likeness (QED) is 0.734. The fraction of sp³-hybridized carbons (Fsp3) is 0.250. The molecule has 1 aromatic carbocycles. The van der Waals surface area contributed by atoms with E-state index in [1.165, 1.54) is 10.5 Å². The maximum Gasteiger partial charge on any atom is 0.266 e. The van der Waals surface area contributed by atoms with Crippen LogP contribution in [0.15, 0.2) is 52.0 Å². The Bertz CT molecular complexity index is 934. The van der Waals surface area contributed by atoms with Crippen molar-refractivity contribution in [1.82, 2.24) is 10.1 Å². The van der Waals surface area contributed by atoms with Crippen LogP contribution in [0.5, 0.6) is 0 Å². The number of benzene rings is 1. The van der Waals surface area contributed by atoms with Crippen molar-refractivity contribution >= 4 is 26.8 Å². The molecular weight excluding hydrogens is 314 g/mol. The zero-order chi connectivity index (χ0) is 16.6. The molecule has 0 bridgehead atoms. The normalized spacial score (nSPS) is 12.0. The van der Waals surface area contributed by atoms with E-state index >= 15 is 0 Å². The van der Waals surface area contributed by atoms with E-state index in [0.29, 0.717) is 22.5 Å². The fourth-order valence-electron chi connectivity index (χ4n) is 2.47. The average molecular weight is 331 g/mol. The number of aryl methyl sites for hydroxylation is 1. The molecule has 0 saturated carbocycles. The first kappa shape index (κ1) is 15.5. The van der Waals surface area contributed by atoms with Crippen molar-refractivity contribution in [2.75, 3.05) is 4.31 Å². The summed E-state index contributed by atoms with van der Waals surface area (Å²) in [5.74, 6) is 0. The summed E-state index contributed by atoms with van der Waals surface area (Å²) in [5.41, 5.74) is 1.56. The van der Waals surface area contributed by atoms with E-state index in [-0.39, 0.29) is 10.9 Å². The molecule has 0 spiro atoms. The fourth-order valence-corrected chi connectivity index (χ4v) is 4.10. The molecule has 0 aliphatic heterocycles. The first-order valence-electron chi connectivity index (χ1n) is 7.23. The maximum atomic E-state index is 13.1. The third kappa shape index (κ3) is 2.68. The van der Waals surface area contributed by atoms with Crippen LogP contribution < -0.4 is 4.31 Å². The van der Waals surface area contributed by atoms with Crippen molar-refractivity contribution < 1.29 is 12.9 Å². The zero-order valence-corrected chi connectivity index (χ0v) is 13.9. The summed E-state index contributed by atoms with van der Waals surface area (Å²) in [6.07, 6.45) is 1.31. The number of pyridine rings is 1. The van der Waals surface area contributed by atoms with E-state index in [4.69, 9.17) is 4.52 Å². The van der Waals surface area contributed by atoms with Crippen molar-refractivity contribution in [1.29, 1.82) is 0 Å². The number of para-hydroxylation sites is 1. The molecule has 0 radical (unpaired) electrons. The van der Waals surface area contributed by atoms with Gasteiger partial charge in [0.1, 0.15) is 4.90 Å². The third-order valence-corrected chi connectivity index (χ3v) is 5.49. The minimum Gasteiger partial charge on any atom is -0.336 e. The van der Waals surface area contributed by atoms with E-state index < -0.39 is 10.0 Å². The Labute approximate surface area is 134 Å². The van der Waals surface area contributed by atoms with Crippen molar-refractivity contribution in [2.24, 2.45) is 0 Å². The molecule has 2 aromatic heterocycles. The van der Waals surface area contributed by atoms with Gasteiger partial charge in [-0.15, -0.1) is 0 Å². The van der Waals surface area contributed by atoms with E-state index in [0.717, 1.165) is 0 Å². The lowest BCUT2D eigenvalue weighted by molar-refractivity contribution is 0.442. The number of anilines is 1. The number of hydrogen-bond acceptors (Lipinski definition) is 5. The SMILES string of the molecule is Cc1noc2ncc(S(=O)(=O)N(c3ccccc3)C(C)C)cc12. The third-order valence-electron chi connectivity index (χ3n) is 3.52. The molecular formula is C16H17N3O3S. The highest BCUT2D eigenvalue weighted by Crippen LogP contribution is 2.27. The smallest absolute Gasteiger partial charge is 0.266 e. The molecule has 3 aromatic rings. The summed E-state index contributed by atoms with van der Waals surface area (Å²) in [6, 6.07) is 10.3. The van der Waals surface area contributed by atoms with Crippen LogP contribution in [0.1, 0.15) is 19.5 Å². The Morgan fingerprint density at radius 1 is 1.17 bits per heavy atom. The van der Waals surface area contributed by atoms with Crippen LogP contribution in [-0.4, -0.2) is 24.6 Å². The van der Waals surface area contributed by atoms with Crippen molar-refractivity contribution in [3.8, 4) is 0 Å². The van der Waals surface area contributed by atoms with Crippen LogP contribution in [0.25, 0.3) is 11.1 Å². The molecule has 0 atom stereocenters. The summed E-state index contributed by atoms with van der Waals surface area (Å²) in [6.45, 7) is 5.42. The molecule has 2 heterocycles. The van der Waals surface area contributed by atoms with Crippen LogP contribution in [0, 0.1) is 6.92 Å². The summed E-state index contributed by atoms with van der Waals surface area (Å²) in [4.78, 5) is 4.19. The van der Waals surface area contributed by atoms with Crippen molar-refractivity contribution in [3.05, 3.63) is 48.3 Å². The Hall–Kier alpha value is -2.41. The number of hydrogen-bond donors (Lipinski definition) is 0. The number of rotatable bonds is 4. The molecule has 0 aliphatic carbocycles. The van der Waals surface area contributed by atoms with E-state index in [1.54, 1.807) is 25.1 Å². The first-order chi connectivity index (χ1) is 10.9. The molecule has 0 aliphatic rings. The number of fused-ring (bicyclic) bond motifs is 1. The maximum absolute atomic E-state index is 13.1. The van der Waals surface area contributed by atoms with Gasteiger partial charge in [0.05, 0.1) is 23.0 Å². The van der Waals surface area contributed by atoms with Gasteiger partial charge in [0.2, 0.25) is 0 Å². The lowest BCUT2D eigenvalue weighted by Crippen LogP contribution is -2.37. The minimum absolute atomic E-state index is 0.119. The van der Waals surface area contributed by atoms with Crippen LogP contribution in [0.2, 0.25) is 0 Å². The van der Waals surface area contributed by atoms with E-state index in [1.807, 2.05) is 32.0 Å². The van der Waals surface area contributed by atoms with Crippen LogP contribution in [-0.2, 0) is 10.0 Å². The van der Waals surface area contributed by atoms with Gasteiger partial charge in [0, 0.05) is 6.04 Å². The van der Waals surface area contributed by atoms with Crippen LogP contribution in [0.3, 0.4) is 0 Å². The molecule has 0 amide bonds. The van der Waals surface area contributed by atoms with Gasteiger partial charge in [-0.05, 0) is 39.0 Å². The van der Waals surface area contributed by atoms with Gasteiger partial charge < -0.3 is 4.52 Å². The molecule has 6 nitrogen and oxygen atoms in total. The van der Waals surface area contributed by atoms with Gasteiger partial charge in [-0.2, -0.15) is 0 Å². The predicted octanol–water partition coefficient (Wildman–Crippen LogP) is 3.13. The lowest BCUT2D eigenvalue weighted by atomic mass is 10.3. The number of nitrogens with zero attached hydrogens (tertiary/aromatic N) is 3. The van der Waals surface area contributed by atoms with Gasteiger partial charge >= 0.3 is 0 Å². The average Bonchev–Trinajstić information content (AvgIpc) is 2.89. The van der Waals surface area contributed by atoms with E-state index in [2.05, 4.69) is 10.1 Å². The number of aromatic nitrogens is 2. The van der Waals surface area contributed by atoms with Gasteiger partial charge in [-0.25, -0.2) is 13.4 Å². The lowest BCUT2D eigenvalue weighted by Gasteiger charge is -2.28. The molecule has 0 unspecified atom stereocenters. The minimum atomic E-state index is -3.74. The zero-order valence-electron chi connectivity index (χ0n) is 13.1. The first-order valence-corrected chi connectivity index (χ1v) is 8.67. The molecule has 3 rings (SSSR count). The highest BCUT2D eigenvalue weighted by atomic mass is 32.2. The van der Waals surface area contributed by atoms with Gasteiger partial charge in [0.15, 0.2) is 0 Å². The standard InChI is InChI=1S/C16H17N3O3S/c1-11(2)19(13-7-5-4-6-8-13)23(20,21)14-9-15-12(3)18-22-16(15)17-10-14/h4-11H,1-3H3. The topological polar surface area (TPSA) is 76.3 Å². The second-order valence-electron chi connectivity index (χ2n) is 5.52. The Kier molecular flexibility index (Phi) is 3.81. The van der Waals surface area contributed by atoms with Crippen LogP contribution in [0.4, 0.5) is 5.69 Å². The van der Waals surface area contributed by atoms with Crippen molar-refractivity contribution in [3.63, 3.8) is 0 Å². The monoisotopic (exact) mass is 331 g/mol.